The molecule has 0 N–H and O–H groups in total. The molecule has 4 heterocycles. The summed E-state index contributed by atoms with van der Waals surface area (Å²) in [6, 6.07) is 6.04. The first kappa shape index (κ1) is 12.7. The zero-order valence-electron chi connectivity index (χ0n) is 11.5. The maximum atomic E-state index is 5.40. The van der Waals surface area contributed by atoms with Crippen molar-refractivity contribution in [2.24, 2.45) is 7.05 Å². The van der Waals surface area contributed by atoms with Crippen LogP contribution in [0.1, 0.15) is 18.2 Å². The fourth-order valence-electron chi connectivity index (χ4n) is 2.46. The Balaban J connectivity index is 1.67. The molecule has 108 valence electrons. The Morgan fingerprint density at radius 1 is 1.43 bits per heavy atom. The smallest absolute Gasteiger partial charge is 0.276 e. The normalized spacial score (nSPS) is 18.4. The van der Waals surface area contributed by atoms with E-state index in [2.05, 4.69) is 15.2 Å². The number of aryl methyl sites for hydroxylation is 1. The molecule has 0 bridgehead atoms. The molecule has 7 heteroatoms. The minimum atomic E-state index is 0.243. The standard InChI is InChI=1S/C14H14N4O2S/c1-18-11(7-10(16-18)12-3-2-6-21-12)14-15-13(17-20-14)9-4-5-19-8-9/h2-3,6-7,9H,4-5,8H2,1H3/t9-/m0/s1. The molecular formula is C14H14N4O2S. The van der Waals surface area contributed by atoms with Crippen LogP contribution in [-0.4, -0.2) is 33.1 Å². The van der Waals surface area contributed by atoms with Crippen LogP contribution < -0.4 is 0 Å². The van der Waals surface area contributed by atoms with Crippen molar-refractivity contribution in [3.63, 3.8) is 0 Å². The maximum absolute atomic E-state index is 5.40. The van der Waals surface area contributed by atoms with Crippen molar-refractivity contribution < 1.29 is 9.26 Å². The van der Waals surface area contributed by atoms with Crippen LogP contribution in [0.4, 0.5) is 0 Å². The van der Waals surface area contributed by atoms with Crippen molar-refractivity contribution in [3.8, 4) is 22.2 Å². The SMILES string of the molecule is Cn1nc(-c2cccs2)cc1-c1nc([C@H]2CCOC2)no1. The molecule has 1 atom stereocenters. The lowest BCUT2D eigenvalue weighted by atomic mass is 10.1. The van der Waals surface area contributed by atoms with Crippen LogP contribution in [0.25, 0.3) is 22.2 Å². The van der Waals surface area contributed by atoms with Gasteiger partial charge in [0, 0.05) is 19.6 Å². The van der Waals surface area contributed by atoms with Gasteiger partial charge in [0.1, 0.15) is 11.4 Å². The van der Waals surface area contributed by atoms with E-state index in [-0.39, 0.29) is 5.92 Å². The van der Waals surface area contributed by atoms with E-state index < -0.39 is 0 Å². The summed E-state index contributed by atoms with van der Waals surface area (Å²) in [5.41, 5.74) is 1.75. The lowest BCUT2D eigenvalue weighted by Crippen LogP contribution is -2.00. The molecule has 0 aliphatic carbocycles. The molecule has 0 radical (unpaired) electrons. The van der Waals surface area contributed by atoms with Crippen LogP contribution in [0.5, 0.6) is 0 Å². The van der Waals surface area contributed by atoms with Gasteiger partial charge < -0.3 is 9.26 Å². The molecule has 1 aliphatic rings. The predicted octanol–water partition coefficient (Wildman–Crippen LogP) is 2.70. The number of aromatic nitrogens is 4. The van der Waals surface area contributed by atoms with Crippen LogP contribution in [0.3, 0.4) is 0 Å². The van der Waals surface area contributed by atoms with Gasteiger partial charge in [0.05, 0.1) is 11.5 Å². The van der Waals surface area contributed by atoms with E-state index in [1.807, 2.05) is 30.6 Å². The number of thiophene rings is 1. The Morgan fingerprint density at radius 2 is 2.38 bits per heavy atom. The van der Waals surface area contributed by atoms with E-state index in [4.69, 9.17) is 9.26 Å². The minimum absolute atomic E-state index is 0.243. The molecule has 0 unspecified atom stereocenters. The summed E-state index contributed by atoms with van der Waals surface area (Å²) in [6.07, 6.45) is 0.949. The largest absolute Gasteiger partial charge is 0.381 e. The van der Waals surface area contributed by atoms with Gasteiger partial charge in [-0.1, -0.05) is 11.2 Å². The van der Waals surface area contributed by atoms with Crippen LogP contribution in [0.2, 0.25) is 0 Å². The van der Waals surface area contributed by atoms with E-state index in [0.29, 0.717) is 12.5 Å². The number of rotatable bonds is 3. The molecule has 3 aromatic rings. The Bertz CT molecular complexity index is 741. The second-order valence-corrected chi connectivity index (χ2v) is 5.98. The zero-order chi connectivity index (χ0) is 14.2. The molecule has 0 spiro atoms. The van der Waals surface area contributed by atoms with Gasteiger partial charge in [-0.15, -0.1) is 11.3 Å². The summed E-state index contributed by atoms with van der Waals surface area (Å²) in [7, 11) is 1.88. The molecule has 1 fully saturated rings. The van der Waals surface area contributed by atoms with Crippen molar-refractivity contribution in [1.29, 1.82) is 0 Å². The number of ether oxygens (including phenoxy) is 1. The van der Waals surface area contributed by atoms with Gasteiger partial charge in [-0.2, -0.15) is 10.1 Å². The first-order valence-electron chi connectivity index (χ1n) is 6.81. The second kappa shape index (κ2) is 5.09. The molecule has 21 heavy (non-hydrogen) atoms. The summed E-state index contributed by atoms with van der Waals surface area (Å²) in [4.78, 5) is 5.63. The van der Waals surface area contributed by atoms with Crippen LogP contribution in [0.15, 0.2) is 28.1 Å². The summed E-state index contributed by atoms with van der Waals surface area (Å²) in [5, 5.41) is 10.6. The summed E-state index contributed by atoms with van der Waals surface area (Å²) in [6.45, 7) is 1.44. The average molecular weight is 302 g/mol. The van der Waals surface area contributed by atoms with Crippen LogP contribution >= 0.6 is 11.3 Å². The van der Waals surface area contributed by atoms with Gasteiger partial charge in [-0.3, -0.25) is 4.68 Å². The summed E-state index contributed by atoms with van der Waals surface area (Å²) in [5.74, 6) is 1.48. The molecule has 6 nitrogen and oxygen atoms in total. The Morgan fingerprint density at radius 3 is 3.14 bits per heavy atom. The highest BCUT2D eigenvalue weighted by molar-refractivity contribution is 7.13. The Kier molecular flexibility index (Phi) is 3.08. The molecule has 0 amide bonds. The molecule has 1 aliphatic heterocycles. The lowest BCUT2D eigenvalue weighted by Gasteiger charge is -1.97. The monoisotopic (exact) mass is 302 g/mol. The van der Waals surface area contributed by atoms with Crippen molar-refractivity contribution in [3.05, 3.63) is 29.4 Å². The molecule has 3 aromatic heterocycles. The topological polar surface area (TPSA) is 66.0 Å². The van der Waals surface area contributed by atoms with E-state index >= 15 is 0 Å². The summed E-state index contributed by atoms with van der Waals surface area (Å²) < 4.78 is 12.5. The van der Waals surface area contributed by atoms with Gasteiger partial charge >= 0.3 is 0 Å². The molecule has 4 rings (SSSR count). The number of nitrogens with zero attached hydrogens (tertiary/aromatic N) is 4. The third kappa shape index (κ3) is 2.28. The van der Waals surface area contributed by atoms with E-state index in [1.165, 1.54) is 0 Å². The Labute approximate surface area is 125 Å². The van der Waals surface area contributed by atoms with Gasteiger partial charge in [0.25, 0.3) is 5.89 Å². The minimum Gasteiger partial charge on any atom is -0.381 e. The highest BCUT2D eigenvalue weighted by Gasteiger charge is 2.24. The molecule has 0 aromatic carbocycles. The average Bonchev–Trinajstić information content (AvgIpc) is 3.26. The number of hydrogen-bond acceptors (Lipinski definition) is 6. The van der Waals surface area contributed by atoms with Crippen molar-refractivity contribution in [1.82, 2.24) is 19.9 Å². The van der Waals surface area contributed by atoms with E-state index in [9.17, 15) is 0 Å². The summed E-state index contributed by atoms with van der Waals surface area (Å²) >= 11 is 1.66. The highest BCUT2D eigenvalue weighted by Crippen LogP contribution is 2.29. The third-order valence-corrected chi connectivity index (χ3v) is 4.50. The zero-order valence-corrected chi connectivity index (χ0v) is 12.3. The van der Waals surface area contributed by atoms with E-state index in [0.717, 1.165) is 35.1 Å². The lowest BCUT2D eigenvalue weighted by molar-refractivity contribution is 0.192. The fourth-order valence-corrected chi connectivity index (χ4v) is 3.14. The first-order valence-corrected chi connectivity index (χ1v) is 7.69. The predicted molar refractivity (Wildman–Crippen MR) is 78.0 cm³/mol. The van der Waals surface area contributed by atoms with Crippen LogP contribution in [-0.2, 0) is 11.8 Å². The molecular weight excluding hydrogens is 288 g/mol. The van der Waals surface area contributed by atoms with Gasteiger partial charge in [0.2, 0.25) is 0 Å². The Hall–Kier alpha value is -1.99. The van der Waals surface area contributed by atoms with Crippen LogP contribution in [0, 0.1) is 0 Å². The maximum Gasteiger partial charge on any atom is 0.276 e. The fraction of sp³-hybridized carbons (Fsp3) is 0.357. The second-order valence-electron chi connectivity index (χ2n) is 5.03. The van der Waals surface area contributed by atoms with Gasteiger partial charge in [-0.25, -0.2) is 0 Å². The first-order chi connectivity index (χ1) is 10.3. The molecule has 1 saturated heterocycles. The van der Waals surface area contributed by atoms with Crippen molar-refractivity contribution >= 4 is 11.3 Å². The van der Waals surface area contributed by atoms with E-state index in [1.54, 1.807) is 16.0 Å². The third-order valence-electron chi connectivity index (χ3n) is 3.61. The number of hydrogen-bond donors (Lipinski definition) is 0. The van der Waals surface area contributed by atoms with Gasteiger partial charge in [0.15, 0.2) is 5.82 Å². The quantitative estimate of drug-likeness (QED) is 0.744. The van der Waals surface area contributed by atoms with Gasteiger partial charge in [-0.05, 0) is 23.9 Å². The van der Waals surface area contributed by atoms with Crippen molar-refractivity contribution in [2.75, 3.05) is 13.2 Å². The highest BCUT2D eigenvalue weighted by atomic mass is 32.1. The molecule has 0 saturated carbocycles. The van der Waals surface area contributed by atoms with Crippen molar-refractivity contribution in [2.45, 2.75) is 12.3 Å².